The lowest BCUT2D eigenvalue weighted by atomic mass is 10.1. The molecule has 0 radical (unpaired) electrons. The normalized spacial score (nSPS) is 10.9. The van der Waals surface area contributed by atoms with Crippen molar-refractivity contribution >= 4 is 28.4 Å². The van der Waals surface area contributed by atoms with Crippen LogP contribution in [0.1, 0.15) is 18.2 Å². The molecule has 0 aliphatic heterocycles. The first-order valence-electron chi connectivity index (χ1n) is 6.63. The van der Waals surface area contributed by atoms with Crippen LogP contribution in [0.4, 0.5) is 5.82 Å². The zero-order chi connectivity index (χ0) is 13.9. The molecule has 0 amide bonds. The third kappa shape index (κ3) is 2.49. The molecule has 3 rings (SSSR count). The molecular weight excluding hydrogens is 272 g/mol. The van der Waals surface area contributed by atoms with Crippen molar-refractivity contribution in [1.29, 1.82) is 0 Å². The Morgan fingerprint density at radius 1 is 1.15 bits per heavy atom. The number of fused-ring (bicyclic) bond motifs is 1. The number of para-hydroxylation sites is 1. The predicted octanol–water partition coefficient (Wildman–Crippen LogP) is 4.66. The van der Waals surface area contributed by atoms with Gasteiger partial charge in [-0.05, 0) is 18.2 Å². The summed E-state index contributed by atoms with van der Waals surface area (Å²) < 4.78 is 5.87. The number of furan rings is 1. The van der Waals surface area contributed by atoms with Gasteiger partial charge < -0.3 is 9.73 Å². The van der Waals surface area contributed by atoms with Crippen molar-refractivity contribution in [3.8, 4) is 0 Å². The third-order valence-electron chi connectivity index (χ3n) is 3.26. The van der Waals surface area contributed by atoms with Crippen molar-refractivity contribution < 1.29 is 4.42 Å². The molecule has 0 unspecified atom stereocenters. The Morgan fingerprint density at radius 2 is 2.00 bits per heavy atom. The van der Waals surface area contributed by atoms with Gasteiger partial charge in [0, 0.05) is 23.9 Å². The Kier molecular flexibility index (Phi) is 3.61. The molecule has 0 saturated heterocycles. The molecule has 0 aliphatic carbocycles. The van der Waals surface area contributed by atoms with Crippen molar-refractivity contribution in [2.75, 3.05) is 5.32 Å². The molecular formula is C16H15ClN2O. The lowest BCUT2D eigenvalue weighted by molar-refractivity contribution is 0.551. The number of benzene rings is 1. The Balaban J connectivity index is 1.90. The van der Waals surface area contributed by atoms with Gasteiger partial charge >= 0.3 is 0 Å². The van der Waals surface area contributed by atoms with E-state index in [1.807, 2.05) is 30.3 Å². The van der Waals surface area contributed by atoms with Crippen LogP contribution in [-0.2, 0) is 13.0 Å². The summed E-state index contributed by atoms with van der Waals surface area (Å²) in [5, 5.41) is 4.94. The highest BCUT2D eigenvalue weighted by Crippen LogP contribution is 2.27. The van der Waals surface area contributed by atoms with Crippen LogP contribution >= 0.6 is 11.6 Å². The summed E-state index contributed by atoms with van der Waals surface area (Å²) in [6.07, 6.45) is 0.870. The molecule has 1 aromatic carbocycles. The molecule has 1 N–H and O–H groups in total. The van der Waals surface area contributed by atoms with Crippen LogP contribution in [-0.4, -0.2) is 4.98 Å². The topological polar surface area (TPSA) is 38.1 Å². The van der Waals surface area contributed by atoms with E-state index in [0.717, 1.165) is 29.0 Å². The molecule has 2 aromatic heterocycles. The maximum atomic E-state index is 5.89. The van der Waals surface area contributed by atoms with Gasteiger partial charge in [0.15, 0.2) is 0 Å². The second-order valence-corrected chi connectivity index (χ2v) is 4.94. The summed E-state index contributed by atoms with van der Waals surface area (Å²) in [4.78, 5) is 4.23. The molecule has 0 spiro atoms. The van der Waals surface area contributed by atoms with Gasteiger partial charge in [-0.3, -0.25) is 0 Å². The first-order valence-corrected chi connectivity index (χ1v) is 7.01. The monoisotopic (exact) mass is 286 g/mol. The van der Waals surface area contributed by atoms with Gasteiger partial charge in [-0.25, -0.2) is 4.98 Å². The number of aromatic nitrogens is 1. The van der Waals surface area contributed by atoms with Gasteiger partial charge in [-0.2, -0.15) is 0 Å². The van der Waals surface area contributed by atoms with Crippen LogP contribution in [0, 0.1) is 0 Å². The zero-order valence-electron chi connectivity index (χ0n) is 11.2. The number of aryl methyl sites for hydroxylation is 1. The summed E-state index contributed by atoms with van der Waals surface area (Å²) in [7, 11) is 0. The number of hydrogen-bond acceptors (Lipinski definition) is 3. The van der Waals surface area contributed by atoms with E-state index in [9.17, 15) is 0 Å². The summed E-state index contributed by atoms with van der Waals surface area (Å²) in [5.41, 5.74) is 2.12. The van der Waals surface area contributed by atoms with Gasteiger partial charge in [-0.1, -0.05) is 42.8 Å². The predicted molar refractivity (Wildman–Crippen MR) is 82.2 cm³/mol. The zero-order valence-corrected chi connectivity index (χ0v) is 11.9. The van der Waals surface area contributed by atoms with Gasteiger partial charge in [0.2, 0.25) is 0 Å². The molecule has 0 bridgehead atoms. The minimum atomic E-state index is 0.489. The SMILES string of the molecule is CCc1oc2ccccc2c1CNc1cccc(Cl)n1. The van der Waals surface area contributed by atoms with E-state index in [-0.39, 0.29) is 0 Å². The van der Waals surface area contributed by atoms with E-state index in [4.69, 9.17) is 16.0 Å². The Morgan fingerprint density at radius 3 is 2.80 bits per heavy atom. The number of nitrogens with zero attached hydrogens (tertiary/aromatic N) is 1. The number of pyridine rings is 1. The molecule has 4 heteroatoms. The number of hydrogen-bond donors (Lipinski definition) is 1. The van der Waals surface area contributed by atoms with Crippen LogP contribution in [0.15, 0.2) is 46.9 Å². The summed E-state index contributed by atoms with van der Waals surface area (Å²) in [6, 6.07) is 13.6. The second kappa shape index (κ2) is 5.55. The van der Waals surface area contributed by atoms with Gasteiger partial charge in [0.05, 0.1) is 0 Å². The first kappa shape index (κ1) is 13.0. The molecule has 3 nitrogen and oxygen atoms in total. The van der Waals surface area contributed by atoms with Crippen molar-refractivity contribution in [1.82, 2.24) is 4.98 Å². The highest BCUT2D eigenvalue weighted by Gasteiger charge is 2.12. The average Bonchev–Trinajstić information content (AvgIpc) is 2.83. The Bertz CT molecular complexity index is 736. The lowest BCUT2D eigenvalue weighted by Gasteiger charge is -2.06. The number of anilines is 1. The van der Waals surface area contributed by atoms with E-state index < -0.39 is 0 Å². The molecule has 102 valence electrons. The van der Waals surface area contributed by atoms with Crippen LogP contribution in [0.5, 0.6) is 0 Å². The van der Waals surface area contributed by atoms with Crippen molar-refractivity contribution in [3.05, 3.63) is 58.9 Å². The number of rotatable bonds is 4. The van der Waals surface area contributed by atoms with Crippen LogP contribution < -0.4 is 5.32 Å². The van der Waals surface area contributed by atoms with E-state index in [1.165, 1.54) is 5.56 Å². The minimum Gasteiger partial charge on any atom is -0.461 e. The number of halogens is 1. The standard InChI is InChI=1S/C16H15ClN2O/c1-2-13-12(11-6-3-4-7-14(11)20-13)10-18-16-9-5-8-15(17)19-16/h3-9H,2,10H2,1H3,(H,18,19). The van der Waals surface area contributed by atoms with Gasteiger partial charge in [0.25, 0.3) is 0 Å². The molecule has 0 saturated carbocycles. The van der Waals surface area contributed by atoms with Gasteiger partial charge in [-0.15, -0.1) is 0 Å². The van der Waals surface area contributed by atoms with Crippen molar-refractivity contribution in [2.24, 2.45) is 0 Å². The minimum absolute atomic E-state index is 0.489. The lowest BCUT2D eigenvalue weighted by Crippen LogP contribution is -2.02. The fraction of sp³-hybridized carbons (Fsp3) is 0.188. The maximum absolute atomic E-state index is 5.89. The summed E-state index contributed by atoms with van der Waals surface area (Å²) >= 11 is 5.89. The van der Waals surface area contributed by atoms with Crippen LogP contribution in [0.25, 0.3) is 11.0 Å². The fourth-order valence-corrected chi connectivity index (χ4v) is 2.48. The Hall–Kier alpha value is -2.00. The average molecular weight is 287 g/mol. The molecule has 0 atom stereocenters. The molecule has 20 heavy (non-hydrogen) atoms. The Labute approximate surface area is 122 Å². The van der Waals surface area contributed by atoms with Crippen molar-refractivity contribution in [2.45, 2.75) is 19.9 Å². The first-order chi connectivity index (χ1) is 9.78. The van der Waals surface area contributed by atoms with E-state index in [2.05, 4.69) is 23.3 Å². The number of nitrogens with one attached hydrogen (secondary N) is 1. The molecule has 0 aliphatic rings. The van der Waals surface area contributed by atoms with Crippen molar-refractivity contribution in [3.63, 3.8) is 0 Å². The van der Waals surface area contributed by atoms with Crippen LogP contribution in [0.2, 0.25) is 5.15 Å². The van der Waals surface area contributed by atoms with E-state index >= 15 is 0 Å². The fourth-order valence-electron chi connectivity index (χ4n) is 2.31. The molecule has 3 aromatic rings. The van der Waals surface area contributed by atoms with E-state index in [1.54, 1.807) is 6.07 Å². The maximum Gasteiger partial charge on any atom is 0.134 e. The molecule has 2 heterocycles. The van der Waals surface area contributed by atoms with Gasteiger partial charge in [0.1, 0.15) is 22.3 Å². The smallest absolute Gasteiger partial charge is 0.134 e. The highest BCUT2D eigenvalue weighted by atomic mass is 35.5. The quantitative estimate of drug-likeness (QED) is 0.709. The molecule has 0 fully saturated rings. The van der Waals surface area contributed by atoms with Crippen LogP contribution in [0.3, 0.4) is 0 Å². The summed E-state index contributed by atoms with van der Waals surface area (Å²) in [5.74, 6) is 1.78. The third-order valence-corrected chi connectivity index (χ3v) is 3.47. The second-order valence-electron chi connectivity index (χ2n) is 4.55. The summed E-state index contributed by atoms with van der Waals surface area (Å²) in [6.45, 7) is 2.77. The highest BCUT2D eigenvalue weighted by molar-refractivity contribution is 6.29. The van der Waals surface area contributed by atoms with E-state index in [0.29, 0.717) is 11.7 Å². The largest absolute Gasteiger partial charge is 0.461 e.